The van der Waals surface area contributed by atoms with Crippen LogP contribution in [0, 0.1) is 40.4 Å². The Hall–Kier alpha value is -1.56. The highest BCUT2D eigenvalue weighted by Gasteiger charge is 2.51. The van der Waals surface area contributed by atoms with Crippen LogP contribution >= 0.6 is 0 Å². The van der Waals surface area contributed by atoms with Gasteiger partial charge < -0.3 is 21.1 Å². The van der Waals surface area contributed by atoms with Gasteiger partial charge in [0.25, 0.3) is 0 Å². The zero-order valence-corrected chi connectivity index (χ0v) is 27.0. The Kier molecular flexibility index (Phi) is 14.5. The third-order valence-corrected chi connectivity index (χ3v) is 10.6. The SMILES string of the molecule is CCC[C@]1(C)C(C(C)CCCC(C)C)CCC1C1CC=C2CCCC[C@]2(C)C1.CNCC(=O)NCCNC(=O)O. The summed E-state index contributed by atoms with van der Waals surface area (Å²) in [6, 6.07) is 0. The van der Waals surface area contributed by atoms with Crippen LogP contribution in [0.1, 0.15) is 125 Å². The second-order valence-corrected chi connectivity index (χ2v) is 14.2. The van der Waals surface area contributed by atoms with E-state index in [4.69, 9.17) is 5.11 Å². The van der Waals surface area contributed by atoms with Gasteiger partial charge in [0.1, 0.15) is 0 Å². The summed E-state index contributed by atoms with van der Waals surface area (Å²) < 4.78 is 0. The number of amides is 2. The van der Waals surface area contributed by atoms with E-state index in [-0.39, 0.29) is 19.0 Å². The van der Waals surface area contributed by atoms with Gasteiger partial charge in [-0.1, -0.05) is 85.3 Å². The topological polar surface area (TPSA) is 90.5 Å². The van der Waals surface area contributed by atoms with Crippen molar-refractivity contribution >= 4 is 12.0 Å². The van der Waals surface area contributed by atoms with Crippen LogP contribution in [0.15, 0.2) is 11.6 Å². The lowest BCUT2D eigenvalue weighted by molar-refractivity contribution is -0.120. The maximum atomic E-state index is 10.7. The van der Waals surface area contributed by atoms with Crippen LogP contribution in [0.5, 0.6) is 0 Å². The Morgan fingerprint density at radius 3 is 2.45 bits per heavy atom. The van der Waals surface area contributed by atoms with E-state index in [9.17, 15) is 9.59 Å². The number of carbonyl (C=O) groups excluding carboxylic acids is 1. The Balaban J connectivity index is 0.000000395. The molecule has 0 aromatic heterocycles. The molecule has 0 heterocycles. The molecule has 2 saturated carbocycles. The molecule has 2 fully saturated rings. The lowest BCUT2D eigenvalue weighted by atomic mass is 9.56. The number of carboxylic acid groups (broad SMARTS) is 1. The molecule has 40 heavy (non-hydrogen) atoms. The molecule has 3 aliphatic carbocycles. The van der Waals surface area contributed by atoms with E-state index >= 15 is 0 Å². The molecule has 4 unspecified atom stereocenters. The predicted molar refractivity (Wildman–Crippen MR) is 167 cm³/mol. The number of nitrogens with one attached hydrogen (secondary N) is 3. The van der Waals surface area contributed by atoms with Gasteiger partial charge in [0.15, 0.2) is 0 Å². The van der Waals surface area contributed by atoms with E-state index in [0.717, 1.165) is 29.6 Å². The van der Waals surface area contributed by atoms with Crippen molar-refractivity contribution in [1.82, 2.24) is 16.0 Å². The molecular weight excluding hydrogens is 498 g/mol. The van der Waals surface area contributed by atoms with Crippen LogP contribution in [0.2, 0.25) is 0 Å². The molecule has 6 atom stereocenters. The first kappa shape index (κ1) is 34.6. The highest BCUT2D eigenvalue weighted by Crippen LogP contribution is 2.61. The quantitative estimate of drug-likeness (QED) is 0.136. The maximum Gasteiger partial charge on any atom is 0.404 e. The van der Waals surface area contributed by atoms with Crippen molar-refractivity contribution in [2.24, 2.45) is 40.4 Å². The monoisotopic (exact) mass is 561 g/mol. The number of likely N-dealkylation sites (N-methyl/N-ethyl adjacent to an activating group) is 1. The third kappa shape index (κ3) is 10.1. The molecule has 6 heteroatoms. The van der Waals surface area contributed by atoms with Crippen molar-refractivity contribution in [2.75, 3.05) is 26.7 Å². The van der Waals surface area contributed by atoms with Crippen molar-refractivity contribution in [3.63, 3.8) is 0 Å². The van der Waals surface area contributed by atoms with Crippen molar-refractivity contribution in [1.29, 1.82) is 0 Å². The Bertz CT molecular complexity index is 812. The van der Waals surface area contributed by atoms with Crippen molar-refractivity contribution in [3.05, 3.63) is 11.6 Å². The highest BCUT2D eigenvalue weighted by atomic mass is 16.4. The lowest BCUT2D eigenvalue weighted by Crippen LogP contribution is -2.39. The molecule has 0 spiro atoms. The fourth-order valence-electron chi connectivity index (χ4n) is 8.69. The number of fused-ring (bicyclic) bond motifs is 1. The first-order valence-electron chi connectivity index (χ1n) is 16.5. The number of rotatable bonds is 13. The van der Waals surface area contributed by atoms with Gasteiger partial charge >= 0.3 is 6.09 Å². The number of hydrogen-bond donors (Lipinski definition) is 4. The minimum atomic E-state index is -1.09. The van der Waals surface area contributed by atoms with E-state index in [2.05, 4.69) is 63.6 Å². The zero-order valence-electron chi connectivity index (χ0n) is 27.0. The molecule has 232 valence electrons. The predicted octanol–water partition coefficient (Wildman–Crippen LogP) is 7.79. The van der Waals surface area contributed by atoms with Gasteiger partial charge in [-0.25, -0.2) is 4.79 Å². The van der Waals surface area contributed by atoms with Crippen LogP contribution in [-0.4, -0.2) is 43.8 Å². The van der Waals surface area contributed by atoms with Crippen LogP contribution in [0.3, 0.4) is 0 Å². The molecule has 0 radical (unpaired) electrons. The largest absolute Gasteiger partial charge is 0.465 e. The van der Waals surface area contributed by atoms with E-state index < -0.39 is 6.09 Å². The second-order valence-electron chi connectivity index (χ2n) is 14.2. The number of allylic oxidation sites excluding steroid dienone is 2. The summed E-state index contributed by atoms with van der Waals surface area (Å²) in [6.45, 7) is 15.9. The zero-order chi connectivity index (χ0) is 29.8. The number of carbonyl (C=O) groups is 2. The average molecular weight is 562 g/mol. The third-order valence-electron chi connectivity index (χ3n) is 10.6. The molecule has 0 aromatic rings. The first-order valence-corrected chi connectivity index (χ1v) is 16.5. The highest BCUT2D eigenvalue weighted by molar-refractivity contribution is 5.77. The first-order chi connectivity index (χ1) is 19.0. The molecule has 2 amide bonds. The van der Waals surface area contributed by atoms with E-state index in [1.165, 1.54) is 83.5 Å². The Morgan fingerprint density at radius 1 is 1.07 bits per heavy atom. The summed E-state index contributed by atoms with van der Waals surface area (Å²) in [7, 11) is 1.66. The van der Waals surface area contributed by atoms with Crippen molar-refractivity contribution < 1.29 is 14.7 Å². The minimum Gasteiger partial charge on any atom is -0.465 e. The summed E-state index contributed by atoms with van der Waals surface area (Å²) >= 11 is 0. The average Bonchev–Trinajstić information content (AvgIpc) is 3.23. The molecule has 0 bridgehead atoms. The van der Waals surface area contributed by atoms with Crippen LogP contribution in [0.4, 0.5) is 4.79 Å². The Labute approximate surface area is 246 Å². The van der Waals surface area contributed by atoms with E-state index in [1.54, 1.807) is 7.05 Å². The van der Waals surface area contributed by atoms with Crippen LogP contribution < -0.4 is 16.0 Å². The molecule has 0 aliphatic heterocycles. The van der Waals surface area contributed by atoms with Gasteiger partial charge in [-0.3, -0.25) is 4.79 Å². The van der Waals surface area contributed by atoms with Crippen LogP contribution in [0.25, 0.3) is 0 Å². The van der Waals surface area contributed by atoms with Gasteiger partial charge in [0.05, 0.1) is 6.54 Å². The molecule has 0 aromatic carbocycles. The summed E-state index contributed by atoms with van der Waals surface area (Å²) in [6.07, 6.45) is 20.5. The van der Waals surface area contributed by atoms with Crippen LogP contribution in [-0.2, 0) is 4.79 Å². The van der Waals surface area contributed by atoms with E-state index in [0.29, 0.717) is 17.4 Å². The molecule has 0 saturated heterocycles. The summed E-state index contributed by atoms with van der Waals surface area (Å²) in [5.74, 6) is 4.53. The van der Waals surface area contributed by atoms with Crippen molar-refractivity contribution in [3.8, 4) is 0 Å². The van der Waals surface area contributed by atoms with Gasteiger partial charge in [-0.2, -0.15) is 0 Å². The van der Waals surface area contributed by atoms with Gasteiger partial charge in [-0.15, -0.1) is 0 Å². The molecular formula is C34H63N3O3. The fourth-order valence-corrected chi connectivity index (χ4v) is 8.69. The normalized spacial score (nSPS) is 30.5. The lowest BCUT2D eigenvalue weighted by Gasteiger charge is -2.49. The summed E-state index contributed by atoms with van der Waals surface area (Å²) in [5, 5.41) is 15.5. The standard InChI is InChI=1S/C28H50.C6H13N3O3/c1-7-18-28(6)25(22(4)12-10-11-21(2)3)16-17-26(28)23-14-15-24-13-8-9-19-27(24,5)20-23;1-7-4-5(10)8-2-3-9-6(11)12/h15,21-23,25-26H,7-14,16-20H2,1-6H3;7,9H,2-4H2,1H3,(H,8,10)(H,11,12)/t22?,23?,25?,26?,27-,28-;/m1./s1. The van der Waals surface area contributed by atoms with E-state index in [1.807, 2.05) is 5.57 Å². The summed E-state index contributed by atoms with van der Waals surface area (Å²) in [5.41, 5.74) is 2.98. The summed E-state index contributed by atoms with van der Waals surface area (Å²) in [4.78, 5) is 20.7. The van der Waals surface area contributed by atoms with Gasteiger partial charge in [-0.05, 0) is 98.8 Å². The molecule has 3 aliphatic rings. The van der Waals surface area contributed by atoms with Gasteiger partial charge in [0, 0.05) is 13.1 Å². The van der Waals surface area contributed by atoms with Gasteiger partial charge in [0.2, 0.25) is 5.91 Å². The fraction of sp³-hybridized carbons (Fsp3) is 0.882. The minimum absolute atomic E-state index is 0.148. The number of hydrogen-bond acceptors (Lipinski definition) is 3. The second kappa shape index (κ2) is 16.8. The molecule has 4 N–H and O–H groups in total. The smallest absolute Gasteiger partial charge is 0.404 e. The molecule has 6 nitrogen and oxygen atoms in total. The Morgan fingerprint density at radius 2 is 1.80 bits per heavy atom. The molecule has 3 rings (SSSR count). The maximum absolute atomic E-state index is 10.7. The van der Waals surface area contributed by atoms with Crippen molar-refractivity contribution in [2.45, 2.75) is 125 Å².